The lowest BCUT2D eigenvalue weighted by Gasteiger charge is -2.04. The van der Waals surface area contributed by atoms with Crippen molar-refractivity contribution in [1.82, 2.24) is 0 Å². The lowest BCUT2D eigenvalue weighted by Crippen LogP contribution is -2.02. The Labute approximate surface area is 99.4 Å². The van der Waals surface area contributed by atoms with Crippen LogP contribution in [-0.2, 0) is 4.79 Å². The van der Waals surface area contributed by atoms with Gasteiger partial charge in [-0.3, -0.25) is 9.59 Å². The highest BCUT2D eigenvalue weighted by Crippen LogP contribution is 2.13. The second kappa shape index (κ2) is 6.28. The van der Waals surface area contributed by atoms with E-state index in [1.54, 1.807) is 24.3 Å². The van der Waals surface area contributed by atoms with Gasteiger partial charge in [0.15, 0.2) is 5.78 Å². The van der Waals surface area contributed by atoms with E-state index in [-0.39, 0.29) is 18.8 Å². The Morgan fingerprint density at radius 3 is 2.38 bits per heavy atom. The molecule has 0 spiro atoms. The zero-order valence-electron chi connectivity index (χ0n) is 9.03. The third-order valence-corrected chi connectivity index (χ3v) is 2.25. The molecule has 0 heterocycles. The van der Waals surface area contributed by atoms with Crippen molar-refractivity contribution in [2.45, 2.75) is 19.8 Å². The van der Waals surface area contributed by atoms with Gasteiger partial charge in [-0.25, -0.2) is 0 Å². The summed E-state index contributed by atoms with van der Waals surface area (Å²) in [6.07, 6.45) is 0.665. The fraction of sp³-hybridized carbons (Fsp3) is 0.333. The molecule has 0 aliphatic heterocycles. The fourth-order valence-electron chi connectivity index (χ4n) is 1.19. The molecule has 0 saturated carbocycles. The number of halogens is 1. The van der Waals surface area contributed by atoms with E-state index in [0.717, 1.165) is 0 Å². The van der Waals surface area contributed by atoms with Crippen LogP contribution in [0.25, 0.3) is 0 Å². The Hall–Kier alpha value is -1.35. The van der Waals surface area contributed by atoms with Gasteiger partial charge < -0.3 is 4.74 Å². The van der Waals surface area contributed by atoms with Crippen molar-refractivity contribution in [3.8, 4) is 5.75 Å². The molecule has 1 aromatic carbocycles. The molecule has 0 amide bonds. The maximum atomic E-state index is 11.3. The first-order chi connectivity index (χ1) is 7.63. The molecule has 86 valence electrons. The third-order valence-electron chi connectivity index (χ3n) is 2.06. The quantitative estimate of drug-likeness (QED) is 0.567. The van der Waals surface area contributed by atoms with E-state index in [2.05, 4.69) is 0 Å². The van der Waals surface area contributed by atoms with Gasteiger partial charge in [0.2, 0.25) is 5.24 Å². The Bertz CT molecular complexity index is 370. The average Bonchev–Trinajstić information content (AvgIpc) is 2.28. The highest BCUT2D eigenvalue weighted by Gasteiger charge is 2.03. The number of hydrogen-bond donors (Lipinski definition) is 0. The number of carbonyl (C=O) groups excluding carboxylic acids is 2. The molecule has 0 unspecified atom stereocenters. The van der Waals surface area contributed by atoms with E-state index in [0.29, 0.717) is 17.7 Å². The third kappa shape index (κ3) is 4.03. The van der Waals surface area contributed by atoms with Crippen LogP contribution in [0.4, 0.5) is 0 Å². The van der Waals surface area contributed by atoms with Gasteiger partial charge in [0, 0.05) is 12.0 Å². The number of hydrogen-bond acceptors (Lipinski definition) is 3. The van der Waals surface area contributed by atoms with E-state index >= 15 is 0 Å². The van der Waals surface area contributed by atoms with Crippen LogP contribution < -0.4 is 4.74 Å². The number of carbonyl (C=O) groups is 2. The van der Waals surface area contributed by atoms with E-state index in [4.69, 9.17) is 16.3 Å². The summed E-state index contributed by atoms with van der Waals surface area (Å²) >= 11 is 5.17. The Balaban J connectivity index is 2.51. The molecule has 3 nitrogen and oxygen atoms in total. The van der Waals surface area contributed by atoms with Crippen LogP contribution in [0, 0.1) is 0 Å². The van der Waals surface area contributed by atoms with Crippen molar-refractivity contribution in [3.63, 3.8) is 0 Å². The molecule has 0 saturated heterocycles. The van der Waals surface area contributed by atoms with Gasteiger partial charge in [-0.2, -0.15) is 0 Å². The zero-order chi connectivity index (χ0) is 12.0. The molecule has 0 fully saturated rings. The number of Topliss-reactive ketones (excluding diaryl/α,β-unsaturated/α-hetero) is 1. The Morgan fingerprint density at radius 2 is 1.88 bits per heavy atom. The highest BCUT2D eigenvalue weighted by atomic mass is 35.5. The highest BCUT2D eigenvalue weighted by molar-refractivity contribution is 6.63. The lowest BCUT2D eigenvalue weighted by atomic mass is 10.1. The molecule has 1 aromatic rings. The summed E-state index contributed by atoms with van der Waals surface area (Å²) < 4.78 is 5.27. The monoisotopic (exact) mass is 240 g/mol. The van der Waals surface area contributed by atoms with Gasteiger partial charge >= 0.3 is 0 Å². The summed E-state index contributed by atoms with van der Waals surface area (Å²) in [6, 6.07) is 6.84. The zero-order valence-corrected chi connectivity index (χ0v) is 9.79. The number of ether oxygens (including phenoxy) is 1. The van der Waals surface area contributed by atoms with E-state index in [1.807, 2.05) is 6.92 Å². The predicted octanol–water partition coefficient (Wildman–Crippen LogP) is 2.81. The summed E-state index contributed by atoms with van der Waals surface area (Å²) in [5.41, 5.74) is 0.670. The number of benzene rings is 1. The summed E-state index contributed by atoms with van der Waals surface area (Å²) in [5, 5.41) is -0.419. The molecular weight excluding hydrogens is 228 g/mol. The Morgan fingerprint density at radius 1 is 1.25 bits per heavy atom. The van der Waals surface area contributed by atoms with Crippen LogP contribution in [0.5, 0.6) is 5.75 Å². The van der Waals surface area contributed by atoms with Gasteiger partial charge in [0.1, 0.15) is 5.75 Å². The second-order valence-electron chi connectivity index (χ2n) is 3.25. The molecule has 16 heavy (non-hydrogen) atoms. The van der Waals surface area contributed by atoms with Crippen molar-refractivity contribution in [2.24, 2.45) is 0 Å². The van der Waals surface area contributed by atoms with Gasteiger partial charge in [-0.15, -0.1) is 0 Å². The van der Waals surface area contributed by atoms with Crippen molar-refractivity contribution in [3.05, 3.63) is 29.8 Å². The van der Waals surface area contributed by atoms with Crippen LogP contribution in [0.1, 0.15) is 30.1 Å². The first-order valence-corrected chi connectivity index (χ1v) is 5.45. The minimum Gasteiger partial charge on any atom is -0.493 e. The van der Waals surface area contributed by atoms with Crippen molar-refractivity contribution in [1.29, 1.82) is 0 Å². The van der Waals surface area contributed by atoms with E-state index in [9.17, 15) is 9.59 Å². The minimum atomic E-state index is -0.419. The first-order valence-electron chi connectivity index (χ1n) is 5.08. The maximum absolute atomic E-state index is 11.3. The smallest absolute Gasteiger partial charge is 0.225 e. The van der Waals surface area contributed by atoms with Gasteiger partial charge in [-0.1, -0.05) is 6.92 Å². The Kier molecular flexibility index (Phi) is 4.99. The van der Waals surface area contributed by atoms with Crippen LogP contribution >= 0.6 is 11.6 Å². The molecule has 0 radical (unpaired) electrons. The van der Waals surface area contributed by atoms with Crippen LogP contribution in [0.3, 0.4) is 0 Å². The molecule has 0 N–H and O–H groups in total. The van der Waals surface area contributed by atoms with Gasteiger partial charge in [0.25, 0.3) is 0 Å². The molecular formula is C12H13ClO3. The van der Waals surface area contributed by atoms with Gasteiger partial charge in [0.05, 0.1) is 13.0 Å². The molecule has 0 aliphatic rings. The van der Waals surface area contributed by atoms with Gasteiger partial charge in [-0.05, 0) is 35.9 Å². The topological polar surface area (TPSA) is 43.4 Å². The normalized spacial score (nSPS) is 9.88. The minimum absolute atomic E-state index is 0.0995. The van der Waals surface area contributed by atoms with Crippen molar-refractivity contribution in [2.75, 3.05) is 6.61 Å². The maximum Gasteiger partial charge on any atom is 0.225 e. The molecule has 0 atom stereocenters. The first kappa shape index (κ1) is 12.7. The predicted molar refractivity (Wildman–Crippen MR) is 62.0 cm³/mol. The van der Waals surface area contributed by atoms with Crippen molar-refractivity contribution >= 4 is 22.6 Å². The van der Waals surface area contributed by atoms with Crippen molar-refractivity contribution < 1.29 is 14.3 Å². The van der Waals surface area contributed by atoms with Crippen LogP contribution in [0.2, 0.25) is 0 Å². The molecule has 4 heteroatoms. The summed E-state index contributed by atoms with van der Waals surface area (Å²) in [7, 11) is 0. The van der Waals surface area contributed by atoms with Crippen LogP contribution in [0.15, 0.2) is 24.3 Å². The number of rotatable bonds is 6. The average molecular weight is 241 g/mol. The largest absolute Gasteiger partial charge is 0.493 e. The summed E-state index contributed by atoms with van der Waals surface area (Å²) in [4.78, 5) is 21.8. The van der Waals surface area contributed by atoms with Crippen LogP contribution in [-0.4, -0.2) is 17.6 Å². The summed E-state index contributed by atoms with van der Waals surface area (Å²) in [5.74, 6) is 0.730. The molecule has 1 rings (SSSR count). The lowest BCUT2D eigenvalue weighted by molar-refractivity contribution is -0.112. The second-order valence-corrected chi connectivity index (χ2v) is 3.68. The fourth-order valence-corrected chi connectivity index (χ4v) is 1.27. The van der Waals surface area contributed by atoms with E-state index < -0.39 is 5.24 Å². The molecule has 0 aromatic heterocycles. The number of ketones is 1. The van der Waals surface area contributed by atoms with E-state index in [1.165, 1.54) is 0 Å². The standard InChI is InChI=1S/C12H13ClO3/c1-2-11(14)9-3-5-10(6-4-9)16-8-7-12(13)15/h3-6H,2,7-8H2,1H3. The summed E-state index contributed by atoms with van der Waals surface area (Å²) in [6.45, 7) is 2.07. The SMILES string of the molecule is CCC(=O)c1ccc(OCCC(=O)Cl)cc1. The molecule has 0 aliphatic carbocycles. The molecule has 0 bridgehead atoms.